The van der Waals surface area contributed by atoms with E-state index in [-0.39, 0.29) is 0 Å². The van der Waals surface area contributed by atoms with Crippen LogP contribution in [0.4, 0.5) is 0 Å². The van der Waals surface area contributed by atoms with Crippen LogP contribution in [-0.2, 0) is 0 Å². The van der Waals surface area contributed by atoms with Crippen LogP contribution in [-0.4, -0.2) is 12.1 Å². The van der Waals surface area contributed by atoms with E-state index in [2.05, 4.69) is 19.2 Å². The van der Waals surface area contributed by atoms with Gasteiger partial charge in [-0.05, 0) is 44.4 Å². The van der Waals surface area contributed by atoms with Gasteiger partial charge in [0.25, 0.3) is 0 Å². The first-order valence-corrected chi connectivity index (χ1v) is 6.01. The summed E-state index contributed by atoms with van der Waals surface area (Å²) in [6.07, 6.45) is 8.66. The maximum Gasteiger partial charge on any atom is 0.00721 e. The van der Waals surface area contributed by atoms with Crippen LogP contribution in [0, 0.1) is 11.8 Å². The Labute approximate surface area is 82.3 Å². The molecule has 2 aliphatic rings. The third-order valence-corrected chi connectivity index (χ3v) is 3.76. The van der Waals surface area contributed by atoms with E-state index in [4.69, 9.17) is 0 Å². The summed E-state index contributed by atoms with van der Waals surface area (Å²) in [7, 11) is 0. The summed E-state index contributed by atoms with van der Waals surface area (Å²) in [5.41, 5.74) is 0. The van der Waals surface area contributed by atoms with Crippen molar-refractivity contribution in [2.45, 2.75) is 64.5 Å². The van der Waals surface area contributed by atoms with Crippen molar-refractivity contribution in [1.29, 1.82) is 0 Å². The lowest BCUT2D eigenvalue weighted by Crippen LogP contribution is -2.40. The van der Waals surface area contributed by atoms with Crippen LogP contribution >= 0.6 is 0 Å². The Morgan fingerprint density at radius 1 is 1.15 bits per heavy atom. The lowest BCUT2D eigenvalue weighted by molar-refractivity contribution is 0.276. The molecule has 3 atom stereocenters. The highest BCUT2D eigenvalue weighted by atomic mass is 15.0. The van der Waals surface area contributed by atoms with Gasteiger partial charge in [-0.3, -0.25) is 0 Å². The lowest BCUT2D eigenvalue weighted by Gasteiger charge is -2.30. The number of hydrogen-bond acceptors (Lipinski definition) is 1. The molecule has 1 nitrogen and oxygen atoms in total. The van der Waals surface area contributed by atoms with E-state index in [9.17, 15) is 0 Å². The molecule has 1 heteroatoms. The van der Waals surface area contributed by atoms with Crippen LogP contribution in [0.5, 0.6) is 0 Å². The Morgan fingerprint density at radius 3 is 2.54 bits per heavy atom. The summed E-state index contributed by atoms with van der Waals surface area (Å²) in [5.74, 6) is 1.97. The fraction of sp³-hybridized carbons (Fsp3) is 1.00. The van der Waals surface area contributed by atoms with Gasteiger partial charge in [0, 0.05) is 12.1 Å². The van der Waals surface area contributed by atoms with Crippen LogP contribution in [0.1, 0.15) is 52.4 Å². The number of hydrogen-bond donors (Lipinski definition) is 1. The van der Waals surface area contributed by atoms with Crippen LogP contribution in [0.2, 0.25) is 0 Å². The minimum absolute atomic E-state index is 0.787. The van der Waals surface area contributed by atoms with E-state index in [0.29, 0.717) is 0 Å². The Balaban J connectivity index is 1.73. The van der Waals surface area contributed by atoms with Crippen molar-refractivity contribution < 1.29 is 0 Å². The number of rotatable bonds is 3. The first-order chi connectivity index (χ1) is 6.25. The van der Waals surface area contributed by atoms with Crippen molar-refractivity contribution >= 4 is 0 Å². The Morgan fingerprint density at radius 2 is 1.92 bits per heavy atom. The Kier molecular flexibility index (Phi) is 2.92. The van der Waals surface area contributed by atoms with Crippen LogP contribution in [0.25, 0.3) is 0 Å². The second kappa shape index (κ2) is 4.00. The molecule has 0 heterocycles. The summed E-state index contributed by atoms with van der Waals surface area (Å²) >= 11 is 0. The molecular formula is C12H23N. The molecule has 1 N–H and O–H groups in total. The fourth-order valence-electron chi connectivity index (χ4n) is 2.69. The maximum atomic E-state index is 3.81. The van der Waals surface area contributed by atoms with Gasteiger partial charge < -0.3 is 5.32 Å². The van der Waals surface area contributed by atoms with E-state index >= 15 is 0 Å². The SMILES string of the molecule is CC1CCCC(NC(C)C2CC2)C1. The third kappa shape index (κ3) is 2.70. The quantitative estimate of drug-likeness (QED) is 0.706. The average Bonchev–Trinajstić information content (AvgIpc) is 2.85. The molecule has 2 rings (SSSR count). The van der Waals surface area contributed by atoms with Gasteiger partial charge in [0.15, 0.2) is 0 Å². The second-order valence-corrected chi connectivity index (χ2v) is 5.26. The molecule has 2 fully saturated rings. The largest absolute Gasteiger partial charge is 0.311 e. The topological polar surface area (TPSA) is 12.0 Å². The molecule has 0 aromatic rings. The molecule has 3 unspecified atom stereocenters. The smallest absolute Gasteiger partial charge is 0.00721 e. The molecule has 0 spiro atoms. The first kappa shape index (κ1) is 9.51. The first-order valence-electron chi connectivity index (χ1n) is 6.01. The van der Waals surface area contributed by atoms with Gasteiger partial charge in [0.1, 0.15) is 0 Å². The standard InChI is InChI=1S/C12H23N/c1-9-4-3-5-12(8-9)13-10(2)11-6-7-11/h9-13H,3-8H2,1-2H3. The van der Waals surface area contributed by atoms with Crippen molar-refractivity contribution in [3.63, 3.8) is 0 Å². The maximum absolute atomic E-state index is 3.81. The summed E-state index contributed by atoms with van der Waals surface area (Å²) in [4.78, 5) is 0. The Bertz CT molecular complexity index is 163. The van der Waals surface area contributed by atoms with E-state index in [1.807, 2.05) is 0 Å². The van der Waals surface area contributed by atoms with Gasteiger partial charge in [-0.15, -0.1) is 0 Å². The molecule has 76 valence electrons. The van der Waals surface area contributed by atoms with Gasteiger partial charge in [0.05, 0.1) is 0 Å². The normalized spacial score (nSPS) is 37.4. The predicted molar refractivity (Wildman–Crippen MR) is 56.7 cm³/mol. The predicted octanol–water partition coefficient (Wildman–Crippen LogP) is 2.95. The molecule has 0 amide bonds. The van der Waals surface area contributed by atoms with Crippen LogP contribution in [0.3, 0.4) is 0 Å². The average molecular weight is 181 g/mol. The molecule has 2 saturated carbocycles. The van der Waals surface area contributed by atoms with E-state index in [1.165, 1.54) is 38.5 Å². The second-order valence-electron chi connectivity index (χ2n) is 5.26. The van der Waals surface area contributed by atoms with E-state index in [1.54, 1.807) is 0 Å². The van der Waals surface area contributed by atoms with Gasteiger partial charge >= 0.3 is 0 Å². The molecule has 0 aliphatic heterocycles. The lowest BCUT2D eigenvalue weighted by atomic mass is 9.86. The van der Waals surface area contributed by atoms with Crippen molar-refractivity contribution in [3.05, 3.63) is 0 Å². The van der Waals surface area contributed by atoms with Crippen molar-refractivity contribution in [3.8, 4) is 0 Å². The van der Waals surface area contributed by atoms with Gasteiger partial charge in [0.2, 0.25) is 0 Å². The zero-order chi connectivity index (χ0) is 9.26. The van der Waals surface area contributed by atoms with E-state index in [0.717, 1.165) is 23.9 Å². The summed E-state index contributed by atoms with van der Waals surface area (Å²) in [6.45, 7) is 4.77. The van der Waals surface area contributed by atoms with Gasteiger partial charge in [-0.1, -0.05) is 19.8 Å². The molecule has 13 heavy (non-hydrogen) atoms. The molecule has 0 aromatic heterocycles. The highest BCUT2D eigenvalue weighted by Gasteiger charge is 2.30. The molecular weight excluding hydrogens is 158 g/mol. The summed E-state index contributed by atoms with van der Waals surface area (Å²) < 4.78 is 0. The monoisotopic (exact) mass is 181 g/mol. The zero-order valence-electron chi connectivity index (χ0n) is 9.05. The minimum Gasteiger partial charge on any atom is -0.311 e. The highest BCUT2D eigenvalue weighted by Crippen LogP contribution is 2.33. The van der Waals surface area contributed by atoms with Crippen molar-refractivity contribution in [2.75, 3.05) is 0 Å². The third-order valence-electron chi connectivity index (χ3n) is 3.76. The van der Waals surface area contributed by atoms with Crippen LogP contribution in [0.15, 0.2) is 0 Å². The molecule has 0 saturated heterocycles. The number of nitrogens with one attached hydrogen (secondary N) is 1. The molecule has 2 aliphatic carbocycles. The summed E-state index contributed by atoms with van der Waals surface area (Å²) in [6, 6.07) is 1.62. The molecule has 0 bridgehead atoms. The van der Waals surface area contributed by atoms with Gasteiger partial charge in [-0.2, -0.15) is 0 Å². The minimum atomic E-state index is 0.787. The molecule has 0 aromatic carbocycles. The summed E-state index contributed by atoms with van der Waals surface area (Å²) in [5, 5.41) is 3.81. The molecule has 0 radical (unpaired) electrons. The van der Waals surface area contributed by atoms with Crippen LogP contribution < -0.4 is 5.32 Å². The van der Waals surface area contributed by atoms with Crippen molar-refractivity contribution in [2.24, 2.45) is 11.8 Å². The Hall–Kier alpha value is -0.0400. The zero-order valence-corrected chi connectivity index (χ0v) is 9.05. The fourth-order valence-corrected chi connectivity index (χ4v) is 2.69. The highest BCUT2D eigenvalue weighted by molar-refractivity contribution is 4.87. The van der Waals surface area contributed by atoms with E-state index < -0.39 is 0 Å². The van der Waals surface area contributed by atoms with Gasteiger partial charge in [-0.25, -0.2) is 0 Å². The van der Waals surface area contributed by atoms with Crippen molar-refractivity contribution in [1.82, 2.24) is 5.32 Å².